The van der Waals surface area contributed by atoms with Crippen LogP contribution in [0.25, 0.3) is 5.82 Å². The highest BCUT2D eigenvalue weighted by atomic mass is 15.1. The minimum atomic E-state index is 0.658. The van der Waals surface area contributed by atoms with Gasteiger partial charge in [-0.3, -0.25) is 4.57 Å². The zero-order valence-corrected chi connectivity index (χ0v) is 13.0. The number of pyridine rings is 1. The first-order valence-corrected chi connectivity index (χ1v) is 7.96. The summed E-state index contributed by atoms with van der Waals surface area (Å²) in [5.41, 5.74) is 3.85. The maximum Gasteiger partial charge on any atom is 0.142 e. The Morgan fingerprint density at radius 2 is 2.10 bits per heavy atom. The molecule has 2 aromatic rings. The lowest BCUT2D eigenvalue weighted by Crippen LogP contribution is -2.20. The van der Waals surface area contributed by atoms with Crippen LogP contribution in [0, 0.1) is 5.92 Å². The van der Waals surface area contributed by atoms with Gasteiger partial charge in [0.25, 0.3) is 0 Å². The first-order valence-electron chi connectivity index (χ1n) is 7.96. The van der Waals surface area contributed by atoms with Crippen LogP contribution in [0.3, 0.4) is 0 Å². The van der Waals surface area contributed by atoms with Crippen molar-refractivity contribution in [2.45, 2.75) is 46.1 Å². The lowest BCUT2D eigenvalue weighted by molar-refractivity contribution is 0.550. The van der Waals surface area contributed by atoms with Crippen LogP contribution in [-0.2, 0) is 19.4 Å². The van der Waals surface area contributed by atoms with Gasteiger partial charge in [0.05, 0.1) is 5.69 Å². The van der Waals surface area contributed by atoms with E-state index in [9.17, 15) is 0 Å². The van der Waals surface area contributed by atoms with Crippen LogP contribution >= 0.6 is 0 Å². The number of nitrogens with one attached hydrogen (secondary N) is 1. The zero-order chi connectivity index (χ0) is 14.7. The van der Waals surface area contributed by atoms with Crippen molar-refractivity contribution in [3.63, 3.8) is 0 Å². The van der Waals surface area contributed by atoms with Gasteiger partial charge in [-0.05, 0) is 44.2 Å². The van der Waals surface area contributed by atoms with Gasteiger partial charge in [-0.1, -0.05) is 19.9 Å². The number of fused-ring (bicyclic) bond motifs is 1. The fourth-order valence-electron chi connectivity index (χ4n) is 2.93. The molecule has 1 aliphatic rings. The van der Waals surface area contributed by atoms with Crippen LogP contribution in [0.2, 0.25) is 0 Å². The second-order valence-corrected chi connectivity index (χ2v) is 6.23. The van der Waals surface area contributed by atoms with E-state index in [-0.39, 0.29) is 0 Å². The maximum atomic E-state index is 4.61. The molecule has 3 rings (SSSR count). The van der Waals surface area contributed by atoms with E-state index in [2.05, 4.69) is 39.8 Å². The molecule has 1 aliphatic carbocycles. The Kier molecular flexibility index (Phi) is 4.34. The van der Waals surface area contributed by atoms with Crippen LogP contribution in [0.15, 0.2) is 24.7 Å². The number of nitrogens with zero attached hydrogens (tertiary/aromatic N) is 3. The molecule has 0 aliphatic heterocycles. The maximum absolute atomic E-state index is 4.61. The largest absolute Gasteiger partial charge is 0.312 e. The van der Waals surface area contributed by atoms with Crippen molar-refractivity contribution in [3.8, 4) is 5.82 Å². The molecule has 0 radical (unpaired) electrons. The molecular formula is C17H24N4. The molecule has 1 N–H and O–H groups in total. The predicted molar refractivity (Wildman–Crippen MR) is 84.5 cm³/mol. The van der Waals surface area contributed by atoms with Gasteiger partial charge in [0.15, 0.2) is 0 Å². The van der Waals surface area contributed by atoms with Gasteiger partial charge in [0.2, 0.25) is 0 Å². The third-order valence-corrected chi connectivity index (χ3v) is 3.99. The summed E-state index contributed by atoms with van der Waals surface area (Å²) in [6, 6.07) is 4.17. The number of imidazole rings is 1. The summed E-state index contributed by atoms with van der Waals surface area (Å²) >= 11 is 0. The summed E-state index contributed by atoms with van der Waals surface area (Å²) < 4.78 is 2.20. The van der Waals surface area contributed by atoms with Crippen molar-refractivity contribution in [2.75, 3.05) is 6.54 Å². The van der Waals surface area contributed by atoms with Crippen LogP contribution < -0.4 is 5.32 Å². The topological polar surface area (TPSA) is 42.7 Å². The Bertz CT molecular complexity index is 601. The molecule has 2 heterocycles. The van der Waals surface area contributed by atoms with E-state index in [1.54, 1.807) is 0 Å². The smallest absolute Gasteiger partial charge is 0.142 e. The van der Waals surface area contributed by atoms with E-state index in [1.165, 1.54) is 29.8 Å². The van der Waals surface area contributed by atoms with Crippen molar-refractivity contribution in [1.82, 2.24) is 19.9 Å². The molecule has 0 saturated heterocycles. The Morgan fingerprint density at radius 3 is 2.95 bits per heavy atom. The molecule has 0 atom stereocenters. The molecule has 4 nitrogen and oxygen atoms in total. The Labute approximate surface area is 126 Å². The van der Waals surface area contributed by atoms with E-state index in [4.69, 9.17) is 0 Å². The van der Waals surface area contributed by atoms with E-state index in [1.807, 2.05) is 18.6 Å². The zero-order valence-electron chi connectivity index (χ0n) is 13.0. The standard InChI is InChI=1S/C17H24N4/c1-13(2)10-18-11-14-6-5-9-19-17(14)21-12-20-15-7-3-4-8-16(15)21/h5-6,9,12-13,18H,3-4,7-8,10-11H2,1-2H3. The minimum absolute atomic E-state index is 0.658. The molecule has 0 saturated carbocycles. The number of rotatable bonds is 5. The summed E-state index contributed by atoms with van der Waals surface area (Å²) in [6.45, 7) is 6.33. The normalized spacial score (nSPS) is 14.4. The average molecular weight is 284 g/mol. The lowest BCUT2D eigenvalue weighted by atomic mass is 10.0. The molecule has 0 bridgehead atoms. The molecule has 4 heteroatoms. The Morgan fingerprint density at radius 1 is 1.24 bits per heavy atom. The summed E-state index contributed by atoms with van der Waals surface area (Å²) in [6.07, 6.45) is 8.56. The van der Waals surface area contributed by atoms with Gasteiger partial charge in [-0.2, -0.15) is 0 Å². The molecule has 0 spiro atoms. The third kappa shape index (κ3) is 3.16. The Hall–Kier alpha value is -1.68. The van der Waals surface area contributed by atoms with Crippen LogP contribution in [0.1, 0.15) is 43.6 Å². The van der Waals surface area contributed by atoms with Crippen molar-refractivity contribution in [1.29, 1.82) is 0 Å². The molecule has 0 unspecified atom stereocenters. The number of aromatic nitrogens is 3. The first kappa shape index (κ1) is 14.3. The summed E-state index contributed by atoms with van der Waals surface area (Å²) in [7, 11) is 0. The molecule has 0 aromatic carbocycles. The lowest BCUT2D eigenvalue weighted by Gasteiger charge is -2.16. The fourth-order valence-corrected chi connectivity index (χ4v) is 2.93. The Balaban J connectivity index is 1.86. The predicted octanol–water partition coefficient (Wildman–Crippen LogP) is 2.89. The monoisotopic (exact) mass is 284 g/mol. The highest BCUT2D eigenvalue weighted by Gasteiger charge is 2.18. The van der Waals surface area contributed by atoms with Crippen molar-refractivity contribution < 1.29 is 0 Å². The first-order chi connectivity index (χ1) is 10.3. The number of aryl methyl sites for hydroxylation is 1. The second kappa shape index (κ2) is 6.39. The van der Waals surface area contributed by atoms with Crippen molar-refractivity contribution in [2.24, 2.45) is 5.92 Å². The highest BCUT2D eigenvalue weighted by molar-refractivity contribution is 5.37. The molecule has 112 valence electrons. The molecule has 21 heavy (non-hydrogen) atoms. The van der Waals surface area contributed by atoms with E-state index >= 15 is 0 Å². The van der Waals surface area contributed by atoms with Gasteiger partial charge in [-0.25, -0.2) is 9.97 Å². The van der Waals surface area contributed by atoms with Gasteiger partial charge in [0.1, 0.15) is 12.1 Å². The number of hydrogen-bond donors (Lipinski definition) is 1. The van der Waals surface area contributed by atoms with Gasteiger partial charge >= 0.3 is 0 Å². The van der Waals surface area contributed by atoms with Crippen molar-refractivity contribution >= 4 is 0 Å². The van der Waals surface area contributed by atoms with Crippen molar-refractivity contribution in [3.05, 3.63) is 41.6 Å². The quantitative estimate of drug-likeness (QED) is 0.918. The average Bonchev–Trinajstić information content (AvgIpc) is 2.91. The van der Waals surface area contributed by atoms with E-state index in [0.29, 0.717) is 5.92 Å². The summed E-state index contributed by atoms with van der Waals surface area (Å²) in [5, 5.41) is 3.51. The molecule has 2 aromatic heterocycles. The van der Waals surface area contributed by atoms with Crippen LogP contribution in [-0.4, -0.2) is 21.1 Å². The van der Waals surface area contributed by atoms with Crippen LogP contribution in [0.5, 0.6) is 0 Å². The fraction of sp³-hybridized carbons (Fsp3) is 0.529. The molecular weight excluding hydrogens is 260 g/mol. The molecule has 0 amide bonds. The third-order valence-electron chi connectivity index (χ3n) is 3.99. The van der Waals surface area contributed by atoms with E-state index < -0.39 is 0 Å². The highest BCUT2D eigenvalue weighted by Crippen LogP contribution is 2.23. The number of hydrogen-bond acceptors (Lipinski definition) is 3. The van der Waals surface area contributed by atoms with Gasteiger partial charge in [-0.15, -0.1) is 0 Å². The summed E-state index contributed by atoms with van der Waals surface area (Å²) in [4.78, 5) is 9.20. The SMILES string of the molecule is CC(C)CNCc1cccnc1-n1cnc2c1CCCC2. The van der Waals surface area contributed by atoms with Gasteiger partial charge < -0.3 is 5.32 Å². The second-order valence-electron chi connectivity index (χ2n) is 6.23. The van der Waals surface area contributed by atoms with E-state index in [0.717, 1.165) is 31.7 Å². The summed E-state index contributed by atoms with van der Waals surface area (Å²) in [5.74, 6) is 1.69. The van der Waals surface area contributed by atoms with Crippen LogP contribution in [0.4, 0.5) is 0 Å². The van der Waals surface area contributed by atoms with Gasteiger partial charge in [0, 0.05) is 24.0 Å². The minimum Gasteiger partial charge on any atom is -0.312 e. The molecule has 0 fully saturated rings.